The van der Waals surface area contributed by atoms with Crippen molar-refractivity contribution in [2.45, 2.75) is 13.8 Å². The summed E-state index contributed by atoms with van der Waals surface area (Å²) in [6.07, 6.45) is 1.71. The first-order chi connectivity index (χ1) is 11.2. The number of aliphatic imine (C=N–C) groups is 1. The van der Waals surface area contributed by atoms with Crippen LogP contribution in [0.4, 0.5) is 0 Å². The van der Waals surface area contributed by atoms with Crippen molar-refractivity contribution in [3.8, 4) is 5.75 Å². The average Bonchev–Trinajstić information content (AvgIpc) is 2.91. The number of esters is 1. The minimum atomic E-state index is -0.433. The van der Waals surface area contributed by atoms with E-state index in [-0.39, 0.29) is 0 Å². The van der Waals surface area contributed by atoms with E-state index in [4.69, 9.17) is 9.47 Å². The standard InChI is InChI=1S/C19H17NO3/c1-3-22-15-10-8-14(9-11-15)12-17-19(21)23-18(20-17)16-7-5-4-6-13(16)2/h4-12H,3H2,1-2H3/b17-12+. The molecule has 0 spiro atoms. The van der Waals surface area contributed by atoms with Crippen LogP contribution in [0, 0.1) is 6.92 Å². The van der Waals surface area contributed by atoms with Crippen LogP contribution in [-0.4, -0.2) is 18.5 Å². The van der Waals surface area contributed by atoms with Crippen LogP contribution in [0.25, 0.3) is 6.08 Å². The Balaban J connectivity index is 1.87. The lowest BCUT2D eigenvalue weighted by Crippen LogP contribution is -2.06. The molecule has 1 aliphatic rings. The van der Waals surface area contributed by atoms with Crippen LogP contribution in [0.5, 0.6) is 5.75 Å². The molecule has 4 nitrogen and oxygen atoms in total. The molecule has 3 rings (SSSR count). The third kappa shape index (κ3) is 3.31. The smallest absolute Gasteiger partial charge is 0.363 e. The van der Waals surface area contributed by atoms with Crippen LogP contribution >= 0.6 is 0 Å². The molecule has 1 heterocycles. The Morgan fingerprint density at radius 1 is 1.13 bits per heavy atom. The van der Waals surface area contributed by atoms with E-state index < -0.39 is 5.97 Å². The molecule has 0 atom stereocenters. The molecule has 2 aromatic carbocycles. The Morgan fingerprint density at radius 3 is 2.57 bits per heavy atom. The fraction of sp³-hybridized carbons (Fsp3) is 0.158. The van der Waals surface area contributed by atoms with Gasteiger partial charge in [-0.2, -0.15) is 0 Å². The van der Waals surface area contributed by atoms with Gasteiger partial charge in [-0.1, -0.05) is 30.3 Å². The van der Waals surface area contributed by atoms with Crippen molar-refractivity contribution in [2.24, 2.45) is 4.99 Å². The minimum Gasteiger partial charge on any atom is -0.494 e. The number of carbonyl (C=O) groups excluding carboxylic acids is 1. The van der Waals surface area contributed by atoms with Crippen molar-refractivity contribution >= 4 is 17.9 Å². The van der Waals surface area contributed by atoms with Crippen LogP contribution < -0.4 is 4.74 Å². The number of hydrogen-bond acceptors (Lipinski definition) is 4. The summed E-state index contributed by atoms with van der Waals surface area (Å²) in [6, 6.07) is 15.2. The fourth-order valence-electron chi connectivity index (χ4n) is 2.32. The summed E-state index contributed by atoms with van der Waals surface area (Å²) in [6.45, 7) is 4.52. The van der Waals surface area contributed by atoms with Gasteiger partial charge in [0.1, 0.15) is 5.75 Å². The quantitative estimate of drug-likeness (QED) is 0.638. The molecule has 23 heavy (non-hydrogen) atoms. The largest absolute Gasteiger partial charge is 0.494 e. The van der Waals surface area contributed by atoms with Gasteiger partial charge in [0.15, 0.2) is 5.70 Å². The molecule has 0 aliphatic carbocycles. The molecule has 0 aromatic heterocycles. The molecule has 0 radical (unpaired) electrons. The summed E-state index contributed by atoms with van der Waals surface area (Å²) in [4.78, 5) is 16.3. The van der Waals surface area contributed by atoms with E-state index >= 15 is 0 Å². The van der Waals surface area contributed by atoms with Crippen LogP contribution in [0.2, 0.25) is 0 Å². The number of hydrogen-bond donors (Lipinski definition) is 0. The predicted octanol–water partition coefficient (Wildman–Crippen LogP) is 3.74. The zero-order valence-electron chi connectivity index (χ0n) is 13.1. The molecule has 1 aliphatic heterocycles. The van der Waals surface area contributed by atoms with Gasteiger partial charge in [-0.15, -0.1) is 0 Å². The maximum absolute atomic E-state index is 12.0. The molecule has 0 fully saturated rings. The van der Waals surface area contributed by atoms with Crippen molar-refractivity contribution in [1.82, 2.24) is 0 Å². The highest BCUT2D eigenvalue weighted by Crippen LogP contribution is 2.21. The molecule has 0 amide bonds. The van der Waals surface area contributed by atoms with E-state index in [1.54, 1.807) is 6.08 Å². The Bertz CT molecular complexity index is 789. The summed E-state index contributed by atoms with van der Waals surface area (Å²) < 4.78 is 10.7. The third-order valence-corrected chi connectivity index (χ3v) is 3.49. The van der Waals surface area contributed by atoms with Crippen LogP contribution in [0.15, 0.2) is 59.2 Å². The van der Waals surface area contributed by atoms with E-state index in [2.05, 4.69) is 4.99 Å². The number of nitrogens with zero attached hydrogens (tertiary/aromatic N) is 1. The van der Waals surface area contributed by atoms with Gasteiger partial charge in [-0.3, -0.25) is 0 Å². The zero-order chi connectivity index (χ0) is 16.2. The molecular formula is C19H17NO3. The first-order valence-corrected chi connectivity index (χ1v) is 7.49. The minimum absolute atomic E-state index is 0.299. The molecule has 116 valence electrons. The molecule has 0 unspecified atom stereocenters. The van der Waals surface area contributed by atoms with Gasteiger partial charge in [0, 0.05) is 5.56 Å². The molecule has 0 bridgehead atoms. The number of aryl methyl sites for hydroxylation is 1. The number of carbonyl (C=O) groups is 1. The van der Waals surface area contributed by atoms with E-state index in [0.717, 1.165) is 22.4 Å². The lowest BCUT2D eigenvalue weighted by atomic mass is 10.1. The first kappa shape index (κ1) is 15.0. The van der Waals surface area contributed by atoms with Crippen molar-refractivity contribution in [3.63, 3.8) is 0 Å². The van der Waals surface area contributed by atoms with Crippen molar-refractivity contribution in [2.75, 3.05) is 6.61 Å². The van der Waals surface area contributed by atoms with E-state index in [9.17, 15) is 4.79 Å². The van der Waals surface area contributed by atoms with Gasteiger partial charge in [0.05, 0.1) is 6.61 Å². The van der Waals surface area contributed by atoms with Crippen molar-refractivity contribution in [3.05, 3.63) is 70.9 Å². The zero-order valence-corrected chi connectivity index (χ0v) is 13.1. The summed E-state index contributed by atoms with van der Waals surface area (Å²) >= 11 is 0. The Labute approximate surface area is 135 Å². The van der Waals surface area contributed by atoms with E-state index in [1.807, 2.05) is 62.4 Å². The third-order valence-electron chi connectivity index (χ3n) is 3.49. The van der Waals surface area contributed by atoms with E-state index in [1.165, 1.54) is 0 Å². The van der Waals surface area contributed by atoms with Crippen LogP contribution in [0.3, 0.4) is 0 Å². The summed E-state index contributed by atoms with van der Waals surface area (Å²) in [5, 5.41) is 0. The fourth-order valence-corrected chi connectivity index (χ4v) is 2.32. The molecule has 2 aromatic rings. The van der Waals surface area contributed by atoms with Crippen LogP contribution in [-0.2, 0) is 9.53 Å². The second-order valence-electron chi connectivity index (χ2n) is 5.15. The maximum atomic E-state index is 12.0. The highest BCUT2D eigenvalue weighted by atomic mass is 16.6. The second kappa shape index (κ2) is 6.48. The molecule has 4 heteroatoms. The number of rotatable bonds is 4. The van der Waals surface area contributed by atoms with Gasteiger partial charge >= 0.3 is 5.97 Å². The highest BCUT2D eigenvalue weighted by Gasteiger charge is 2.24. The molecular weight excluding hydrogens is 290 g/mol. The Kier molecular flexibility index (Phi) is 4.24. The summed E-state index contributed by atoms with van der Waals surface area (Å²) in [5.41, 5.74) is 3.01. The Morgan fingerprint density at radius 2 is 1.87 bits per heavy atom. The summed E-state index contributed by atoms with van der Waals surface area (Å²) in [5.74, 6) is 0.718. The Hall–Kier alpha value is -2.88. The molecule has 0 saturated heterocycles. The lowest BCUT2D eigenvalue weighted by Gasteiger charge is -2.02. The van der Waals surface area contributed by atoms with Gasteiger partial charge in [-0.05, 0) is 49.2 Å². The highest BCUT2D eigenvalue weighted by molar-refractivity contribution is 6.13. The normalized spacial score (nSPS) is 15.5. The van der Waals surface area contributed by atoms with Gasteiger partial charge in [-0.25, -0.2) is 9.79 Å². The number of cyclic esters (lactones) is 1. The van der Waals surface area contributed by atoms with Crippen molar-refractivity contribution in [1.29, 1.82) is 0 Å². The van der Waals surface area contributed by atoms with Gasteiger partial charge in [0.2, 0.25) is 5.90 Å². The SMILES string of the molecule is CCOc1ccc(/C=C2/N=C(c3ccccc3C)OC2=O)cc1. The second-order valence-corrected chi connectivity index (χ2v) is 5.15. The summed E-state index contributed by atoms with van der Waals surface area (Å²) in [7, 11) is 0. The van der Waals surface area contributed by atoms with Crippen molar-refractivity contribution < 1.29 is 14.3 Å². The average molecular weight is 307 g/mol. The van der Waals surface area contributed by atoms with Crippen LogP contribution in [0.1, 0.15) is 23.6 Å². The number of benzene rings is 2. The molecule has 0 N–H and O–H groups in total. The maximum Gasteiger partial charge on any atom is 0.363 e. The number of ether oxygens (including phenoxy) is 2. The topological polar surface area (TPSA) is 47.9 Å². The lowest BCUT2D eigenvalue weighted by molar-refractivity contribution is -0.129. The van der Waals surface area contributed by atoms with Gasteiger partial charge < -0.3 is 9.47 Å². The van der Waals surface area contributed by atoms with Gasteiger partial charge in [0.25, 0.3) is 0 Å². The monoisotopic (exact) mass is 307 g/mol. The molecule has 0 saturated carbocycles. The van der Waals surface area contributed by atoms with E-state index in [0.29, 0.717) is 18.2 Å². The first-order valence-electron chi connectivity index (χ1n) is 7.49. The predicted molar refractivity (Wildman–Crippen MR) is 89.4 cm³/mol.